The molecule has 2 aromatic carbocycles. The van der Waals surface area contributed by atoms with Gasteiger partial charge in [-0.3, -0.25) is 4.55 Å². The number of para-hydroxylation sites is 3. The van der Waals surface area contributed by atoms with E-state index in [0.29, 0.717) is 12.0 Å². The summed E-state index contributed by atoms with van der Waals surface area (Å²) in [5, 5.41) is 12.0. The fourth-order valence-electron chi connectivity index (χ4n) is 3.35. The van der Waals surface area contributed by atoms with Crippen LogP contribution in [0.25, 0.3) is 0 Å². The summed E-state index contributed by atoms with van der Waals surface area (Å²) in [4.78, 5) is -0.311. The molecule has 0 aliphatic carbocycles. The van der Waals surface area contributed by atoms with Crippen LogP contribution in [0.4, 0.5) is 0 Å². The van der Waals surface area contributed by atoms with Crippen molar-refractivity contribution in [2.45, 2.75) is 76.0 Å². The van der Waals surface area contributed by atoms with Gasteiger partial charge in [0.15, 0.2) is 5.75 Å². The number of unbranched alkanes of at least 4 members (excludes halogenated alkanes) is 8. The zero-order valence-corrected chi connectivity index (χ0v) is 20.9. The van der Waals surface area contributed by atoms with Crippen LogP contribution in [0.15, 0.2) is 47.4 Å². The van der Waals surface area contributed by atoms with Crippen LogP contribution in [0.1, 0.15) is 70.3 Å². The van der Waals surface area contributed by atoms with Crippen LogP contribution in [0.2, 0.25) is 0 Å². The Morgan fingerprint density at radius 1 is 0.867 bits per heavy atom. The Labute approximate surface area is 202 Å². The standard InChI is InChI=1S/C23H32O5S.Na/c1-2-3-4-5-6-7-8-9-10-14-19-15-13-18-22(29(25,26)27)23(19)28-21-17-12-11-16-20(21)24;/h11-13,15-18,24H,2-10,14H2,1H3,(H,25,26,27);/q;+1/p-1. The first-order valence-electron chi connectivity index (χ1n) is 10.5. The van der Waals surface area contributed by atoms with Crippen LogP contribution in [-0.2, 0) is 16.5 Å². The molecule has 0 unspecified atom stereocenters. The molecule has 160 valence electrons. The third kappa shape index (κ3) is 8.98. The van der Waals surface area contributed by atoms with Gasteiger partial charge in [-0.2, -0.15) is 8.42 Å². The van der Waals surface area contributed by atoms with Crippen molar-refractivity contribution in [1.29, 1.82) is 0 Å². The van der Waals surface area contributed by atoms with E-state index in [2.05, 4.69) is 6.92 Å². The quantitative estimate of drug-likeness (QED) is 0.293. The molecule has 0 bridgehead atoms. The van der Waals surface area contributed by atoms with Crippen LogP contribution >= 0.6 is 0 Å². The van der Waals surface area contributed by atoms with Gasteiger partial charge in [0.2, 0.25) is 0 Å². The van der Waals surface area contributed by atoms with Gasteiger partial charge in [-0.05, 0) is 30.5 Å². The molecule has 5 nitrogen and oxygen atoms in total. The third-order valence-corrected chi connectivity index (χ3v) is 5.83. The summed E-state index contributed by atoms with van der Waals surface area (Å²) in [5.74, 6) is -0.263. The van der Waals surface area contributed by atoms with Crippen molar-refractivity contribution < 1.29 is 52.4 Å². The summed E-state index contributed by atoms with van der Waals surface area (Å²) in [5.41, 5.74) is 0.673. The van der Waals surface area contributed by atoms with Crippen LogP contribution in [0.5, 0.6) is 17.2 Å². The molecule has 30 heavy (non-hydrogen) atoms. The largest absolute Gasteiger partial charge is 1.00 e. The Bertz CT molecular complexity index is 868. The smallest absolute Gasteiger partial charge is 0.870 e. The minimum Gasteiger partial charge on any atom is -0.870 e. The number of rotatable bonds is 13. The van der Waals surface area contributed by atoms with Crippen molar-refractivity contribution in [3.63, 3.8) is 0 Å². The first kappa shape index (κ1) is 27.0. The van der Waals surface area contributed by atoms with Crippen LogP contribution < -0.4 is 39.4 Å². The van der Waals surface area contributed by atoms with E-state index in [0.717, 1.165) is 19.3 Å². The molecule has 0 saturated heterocycles. The summed E-state index contributed by atoms with van der Waals surface area (Å²) in [6, 6.07) is 10.7. The molecule has 1 N–H and O–H groups in total. The van der Waals surface area contributed by atoms with Crippen LogP contribution in [0, 0.1) is 0 Å². The maximum absolute atomic E-state index is 12.0. The second-order valence-electron chi connectivity index (χ2n) is 7.35. The van der Waals surface area contributed by atoms with Crippen molar-refractivity contribution >= 4 is 10.1 Å². The Balaban J connectivity index is 0.00000450. The first-order chi connectivity index (χ1) is 13.9. The molecule has 2 aromatic rings. The first-order valence-corrected chi connectivity index (χ1v) is 11.9. The van der Waals surface area contributed by atoms with Gasteiger partial charge in [-0.25, -0.2) is 0 Å². The summed E-state index contributed by atoms with van der Waals surface area (Å²) in [6.07, 6.45) is 11.3. The normalized spacial score (nSPS) is 11.1. The van der Waals surface area contributed by atoms with E-state index in [4.69, 9.17) is 4.74 Å². The molecule has 7 heteroatoms. The Morgan fingerprint density at radius 2 is 1.47 bits per heavy atom. The van der Waals surface area contributed by atoms with Gasteiger partial charge in [-0.15, -0.1) is 0 Å². The predicted molar refractivity (Wildman–Crippen MR) is 113 cm³/mol. The monoisotopic (exact) mass is 442 g/mol. The molecule has 0 saturated carbocycles. The third-order valence-electron chi connectivity index (χ3n) is 4.95. The van der Waals surface area contributed by atoms with E-state index >= 15 is 0 Å². The van der Waals surface area contributed by atoms with Gasteiger partial charge in [0.05, 0.1) is 0 Å². The zero-order chi connectivity index (χ0) is 21.1. The van der Waals surface area contributed by atoms with Gasteiger partial charge in [0, 0.05) is 0 Å². The number of aryl methyl sites for hydroxylation is 1. The van der Waals surface area contributed by atoms with Crippen molar-refractivity contribution in [1.82, 2.24) is 0 Å². The zero-order valence-electron chi connectivity index (χ0n) is 18.1. The SMILES string of the molecule is CCCCCCCCCCCc1cccc(S(=O)(=O)O)c1Oc1ccccc1[O-].[Na+]. The Morgan fingerprint density at radius 3 is 2.07 bits per heavy atom. The molecule has 0 aliphatic heterocycles. The molecule has 0 heterocycles. The van der Waals surface area contributed by atoms with E-state index < -0.39 is 10.1 Å². The molecular formula is C23H31NaO5S. The minimum atomic E-state index is -4.47. The summed E-state index contributed by atoms with van der Waals surface area (Å²) >= 11 is 0. The van der Waals surface area contributed by atoms with E-state index in [9.17, 15) is 18.1 Å². The molecule has 0 atom stereocenters. The maximum Gasteiger partial charge on any atom is 1.00 e. The second kappa shape index (κ2) is 14.1. The molecule has 0 fully saturated rings. The van der Waals surface area contributed by atoms with E-state index in [1.807, 2.05) is 0 Å². The second-order valence-corrected chi connectivity index (χ2v) is 8.74. The minimum absolute atomic E-state index is 0. The molecule has 0 aromatic heterocycles. The van der Waals surface area contributed by atoms with Gasteiger partial charge in [0.1, 0.15) is 10.6 Å². The molecule has 0 radical (unpaired) electrons. The predicted octanol–water partition coefficient (Wildman–Crippen LogP) is 2.88. The van der Waals surface area contributed by atoms with Gasteiger partial charge >= 0.3 is 29.6 Å². The topological polar surface area (TPSA) is 86.7 Å². The van der Waals surface area contributed by atoms with Crippen LogP contribution in [0.3, 0.4) is 0 Å². The van der Waals surface area contributed by atoms with Crippen LogP contribution in [-0.4, -0.2) is 13.0 Å². The Kier molecular flexibility index (Phi) is 12.7. The fraction of sp³-hybridized carbons (Fsp3) is 0.478. The molecular weight excluding hydrogens is 411 g/mol. The van der Waals surface area contributed by atoms with Crippen molar-refractivity contribution in [2.24, 2.45) is 0 Å². The molecule has 0 spiro atoms. The summed E-state index contributed by atoms with van der Waals surface area (Å²) < 4.78 is 38.9. The Hall–Kier alpha value is -1.05. The molecule has 0 amide bonds. The van der Waals surface area contributed by atoms with Gasteiger partial charge in [0.25, 0.3) is 10.1 Å². The van der Waals surface area contributed by atoms with Crippen molar-refractivity contribution in [3.05, 3.63) is 48.0 Å². The number of ether oxygens (including phenoxy) is 1. The number of benzene rings is 2. The van der Waals surface area contributed by atoms with E-state index in [1.165, 1.54) is 56.7 Å². The average molecular weight is 443 g/mol. The van der Waals surface area contributed by atoms with Gasteiger partial charge < -0.3 is 9.84 Å². The summed E-state index contributed by atoms with van der Waals surface area (Å²) in [6.45, 7) is 2.21. The summed E-state index contributed by atoms with van der Waals surface area (Å²) in [7, 11) is -4.47. The maximum atomic E-state index is 12.0. The number of hydrogen-bond donors (Lipinski definition) is 1. The number of hydrogen-bond acceptors (Lipinski definition) is 4. The molecule has 0 aliphatic rings. The van der Waals surface area contributed by atoms with Gasteiger partial charge in [-0.1, -0.05) is 94.4 Å². The van der Waals surface area contributed by atoms with Crippen molar-refractivity contribution in [2.75, 3.05) is 0 Å². The fourth-order valence-corrected chi connectivity index (χ4v) is 4.01. The average Bonchev–Trinajstić information content (AvgIpc) is 2.68. The van der Waals surface area contributed by atoms with Crippen molar-refractivity contribution in [3.8, 4) is 17.2 Å². The molecule has 2 rings (SSSR count). The van der Waals surface area contributed by atoms with E-state index in [1.54, 1.807) is 24.3 Å². The van der Waals surface area contributed by atoms with E-state index in [-0.39, 0.29) is 51.7 Å².